The molecule has 5 nitrogen and oxygen atoms in total. The van der Waals surface area contributed by atoms with Gasteiger partial charge in [-0.15, -0.1) is 11.3 Å². The Morgan fingerprint density at radius 1 is 1.06 bits per heavy atom. The van der Waals surface area contributed by atoms with Crippen LogP contribution in [0.15, 0.2) is 72.1 Å². The molecule has 3 aromatic rings. The molecule has 1 aliphatic heterocycles. The molecule has 0 fully saturated rings. The van der Waals surface area contributed by atoms with Gasteiger partial charge < -0.3 is 14.5 Å². The van der Waals surface area contributed by atoms with Crippen LogP contribution in [0.1, 0.15) is 41.0 Å². The Labute approximate surface area is 199 Å². The molecule has 1 aromatic heterocycles. The highest BCUT2D eigenvalue weighted by Gasteiger charge is 2.33. The summed E-state index contributed by atoms with van der Waals surface area (Å²) < 4.78 is 5.65. The molecule has 2 aromatic carbocycles. The van der Waals surface area contributed by atoms with Gasteiger partial charge >= 0.3 is 0 Å². The van der Waals surface area contributed by atoms with Crippen LogP contribution in [0.4, 0.5) is 0 Å². The molecule has 0 N–H and O–H groups in total. The van der Waals surface area contributed by atoms with Crippen LogP contribution in [0.5, 0.6) is 0 Å². The van der Waals surface area contributed by atoms with Crippen LogP contribution in [0.25, 0.3) is 0 Å². The van der Waals surface area contributed by atoms with E-state index < -0.39 is 0 Å². The number of thiophene rings is 1. The van der Waals surface area contributed by atoms with Gasteiger partial charge in [0.1, 0.15) is 6.61 Å². The zero-order chi connectivity index (χ0) is 23.0. The van der Waals surface area contributed by atoms with Crippen molar-refractivity contribution in [3.8, 4) is 0 Å². The van der Waals surface area contributed by atoms with E-state index in [2.05, 4.69) is 23.6 Å². The Morgan fingerprint density at radius 2 is 1.79 bits per heavy atom. The van der Waals surface area contributed by atoms with E-state index in [1.54, 1.807) is 16.2 Å². The molecule has 172 valence electrons. The fourth-order valence-electron chi connectivity index (χ4n) is 4.32. The molecule has 6 heteroatoms. The van der Waals surface area contributed by atoms with Crippen molar-refractivity contribution in [3.05, 3.63) is 93.7 Å². The van der Waals surface area contributed by atoms with Crippen molar-refractivity contribution in [1.29, 1.82) is 0 Å². The number of hydrogen-bond acceptors (Lipinski definition) is 4. The van der Waals surface area contributed by atoms with Crippen molar-refractivity contribution in [2.75, 3.05) is 26.2 Å². The lowest BCUT2D eigenvalue weighted by atomic mass is 9.93. The topological polar surface area (TPSA) is 49.9 Å². The highest BCUT2D eigenvalue weighted by Crippen LogP contribution is 2.37. The van der Waals surface area contributed by atoms with Crippen molar-refractivity contribution in [2.24, 2.45) is 0 Å². The predicted octanol–water partition coefficient (Wildman–Crippen LogP) is 4.68. The molecule has 4 rings (SSSR count). The summed E-state index contributed by atoms with van der Waals surface area (Å²) in [6.45, 7) is 3.63. The van der Waals surface area contributed by atoms with E-state index >= 15 is 0 Å². The second kappa shape index (κ2) is 11.3. The maximum absolute atomic E-state index is 13.5. The van der Waals surface area contributed by atoms with Gasteiger partial charge in [-0.05, 0) is 41.0 Å². The van der Waals surface area contributed by atoms with Gasteiger partial charge in [0, 0.05) is 18.0 Å². The molecule has 1 atom stereocenters. The summed E-state index contributed by atoms with van der Waals surface area (Å²) >= 11 is 1.75. The van der Waals surface area contributed by atoms with Crippen LogP contribution in [0.2, 0.25) is 0 Å². The molecule has 2 heterocycles. The predicted molar refractivity (Wildman–Crippen MR) is 131 cm³/mol. The molecular formula is C27H30N2O3S. The van der Waals surface area contributed by atoms with Gasteiger partial charge in [0.2, 0.25) is 11.8 Å². The van der Waals surface area contributed by atoms with E-state index in [0.29, 0.717) is 19.7 Å². The Bertz CT molecular complexity index is 1050. The summed E-state index contributed by atoms with van der Waals surface area (Å²) in [5, 5.41) is 2.10. The van der Waals surface area contributed by atoms with Gasteiger partial charge in [-0.3, -0.25) is 9.59 Å². The lowest BCUT2D eigenvalue weighted by molar-refractivity contribution is -0.144. The van der Waals surface area contributed by atoms with Gasteiger partial charge in [0.15, 0.2) is 0 Å². The van der Waals surface area contributed by atoms with Crippen molar-refractivity contribution in [1.82, 2.24) is 9.80 Å². The number of fused-ring (bicyclic) bond motifs is 1. The number of carbonyl (C=O) groups excluding carboxylic acids is 2. The standard InChI is InChI=1S/C27H30N2O3S/c1-2-15-28(26(31)20-32-19-21-9-5-3-6-10-21)18-25(30)29-16-13-24-23(14-17-33-24)27(29)22-11-7-4-8-12-22/h3-12,14,17,27H,2,13,15-16,18-20H2,1H3. The Morgan fingerprint density at radius 3 is 2.52 bits per heavy atom. The zero-order valence-electron chi connectivity index (χ0n) is 19.0. The average Bonchev–Trinajstić information content (AvgIpc) is 3.33. The first-order chi connectivity index (χ1) is 16.2. The monoisotopic (exact) mass is 462 g/mol. The van der Waals surface area contributed by atoms with Crippen LogP contribution >= 0.6 is 11.3 Å². The molecule has 33 heavy (non-hydrogen) atoms. The number of ether oxygens (including phenoxy) is 1. The lowest BCUT2D eigenvalue weighted by Gasteiger charge is -2.37. The first-order valence-electron chi connectivity index (χ1n) is 11.5. The third kappa shape index (κ3) is 5.70. The van der Waals surface area contributed by atoms with Crippen molar-refractivity contribution >= 4 is 23.2 Å². The van der Waals surface area contributed by atoms with Crippen LogP contribution in [0, 0.1) is 0 Å². The van der Waals surface area contributed by atoms with Gasteiger partial charge in [0.25, 0.3) is 0 Å². The van der Waals surface area contributed by atoms with Crippen LogP contribution in [-0.2, 0) is 27.4 Å². The molecule has 1 unspecified atom stereocenters. The normalized spacial score (nSPS) is 15.2. The molecule has 0 aliphatic carbocycles. The highest BCUT2D eigenvalue weighted by molar-refractivity contribution is 7.10. The third-order valence-corrected chi connectivity index (χ3v) is 6.91. The van der Waals surface area contributed by atoms with Crippen molar-refractivity contribution in [3.63, 3.8) is 0 Å². The SMILES string of the molecule is CCCN(CC(=O)N1CCc2sccc2C1c1ccccc1)C(=O)COCc1ccccc1. The highest BCUT2D eigenvalue weighted by atomic mass is 32.1. The minimum Gasteiger partial charge on any atom is -0.367 e. The average molecular weight is 463 g/mol. The second-order valence-electron chi connectivity index (χ2n) is 8.24. The van der Waals surface area contributed by atoms with Crippen molar-refractivity contribution < 1.29 is 14.3 Å². The van der Waals surface area contributed by atoms with E-state index in [-0.39, 0.29) is 31.0 Å². The number of carbonyl (C=O) groups is 2. The van der Waals surface area contributed by atoms with Gasteiger partial charge in [0.05, 0.1) is 19.2 Å². The van der Waals surface area contributed by atoms with E-state index in [4.69, 9.17) is 4.74 Å². The Hall–Kier alpha value is -2.96. The first-order valence-corrected chi connectivity index (χ1v) is 12.4. The molecular weight excluding hydrogens is 432 g/mol. The number of nitrogens with zero attached hydrogens (tertiary/aromatic N) is 2. The largest absolute Gasteiger partial charge is 0.367 e. The molecule has 0 radical (unpaired) electrons. The fraction of sp³-hybridized carbons (Fsp3) is 0.333. The summed E-state index contributed by atoms with van der Waals surface area (Å²) in [6.07, 6.45) is 1.64. The summed E-state index contributed by atoms with van der Waals surface area (Å²) in [4.78, 5) is 31.3. The van der Waals surface area contributed by atoms with Gasteiger partial charge in [-0.2, -0.15) is 0 Å². The molecule has 2 amide bonds. The Kier molecular flexibility index (Phi) is 7.92. The number of amides is 2. The zero-order valence-corrected chi connectivity index (χ0v) is 19.8. The number of benzene rings is 2. The minimum atomic E-state index is -0.148. The van der Waals surface area contributed by atoms with Gasteiger partial charge in [-0.25, -0.2) is 0 Å². The smallest absolute Gasteiger partial charge is 0.249 e. The number of rotatable bonds is 9. The van der Waals surface area contributed by atoms with E-state index in [1.165, 1.54) is 10.4 Å². The van der Waals surface area contributed by atoms with Crippen LogP contribution < -0.4 is 0 Å². The molecule has 0 saturated heterocycles. The first kappa shape index (κ1) is 23.2. The van der Waals surface area contributed by atoms with Gasteiger partial charge in [-0.1, -0.05) is 67.6 Å². The molecule has 0 bridgehead atoms. The van der Waals surface area contributed by atoms with Crippen LogP contribution in [0.3, 0.4) is 0 Å². The minimum absolute atomic E-state index is 0.0226. The van der Waals surface area contributed by atoms with Crippen molar-refractivity contribution in [2.45, 2.75) is 32.4 Å². The lowest BCUT2D eigenvalue weighted by Crippen LogP contribution is -2.47. The van der Waals surface area contributed by atoms with E-state index in [1.807, 2.05) is 60.4 Å². The van der Waals surface area contributed by atoms with E-state index in [0.717, 1.165) is 24.0 Å². The summed E-state index contributed by atoms with van der Waals surface area (Å²) in [6, 6.07) is 22.0. The van der Waals surface area contributed by atoms with E-state index in [9.17, 15) is 9.59 Å². The Balaban J connectivity index is 1.44. The maximum atomic E-state index is 13.5. The quantitative estimate of drug-likeness (QED) is 0.464. The molecule has 0 saturated carbocycles. The molecule has 0 spiro atoms. The summed E-state index contributed by atoms with van der Waals surface area (Å²) in [5.74, 6) is -0.170. The van der Waals surface area contributed by atoms with Crippen LogP contribution in [-0.4, -0.2) is 47.9 Å². The third-order valence-electron chi connectivity index (χ3n) is 5.91. The second-order valence-corrected chi connectivity index (χ2v) is 9.24. The summed E-state index contributed by atoms with van der Waals surface area (Å²) in [5.41, 5.74) is 3.32. The maximum Gasteiger partial charge on any atom is 0.249 e. The fourth-order valence-corrected chi connectivity index (χ4v) is 5.22. The molecule has 1 aliphatic rings. The number of hydrogen-bond donors (Lipinski definition) is 0. The summed E-state index contributed by atoms with van der Waals surface area (Å²) in [7, 11) is 0.